The number of carbonyl (C=O) groups excluding carboxylic acids is 1. The maximum absolute atomic E-state index is 13.2. The summed E-state index contributed by atoms with van der Waals surface area (Å²) in [5.41, 5.74) is 3.44. The Morgan fingerprint density at radius 2 is 2.09 bits per heavy atom. The number of anilines is 1. The molecule has 1 saturated heterocycles. The molecule has 1 aromatic carbocycles. The van der Waals surface area contributed by atoms with Crippen molar-refractivity contribution in [3.8, 4) is 0 Å². The fraction of sp³-hybridized carbons (Fsp3) is 0.409. The van der Waals surface area contributed by atoms with Crippen molar-refractivity contribution in [3.63, 3.8) is 0 Å². The van der Waals surface area contributed by atoms with E-state index in [0.717, 1.165) is 11.3 Å². The lowest BCUT2D eigenvalue weighted by atomic mass is 10.1. The van der Waals surface area contributed by atoms with E-state index in [1.165, 1.54) is 11.3 Å². The van der Waals surface area contributed by atoms with Crippen LogP contribution in [0.5, 0.6) is 0 Å². The molecule has 3 aromatic rings. The van der Waals surface area contributed by atoms with Crippen LogP contribution < -0.4 is 10.8 Å². The van der Waals surface area contributed by atoms with E-state index in [1.807, 2.05) is 12.3 Å². The van der Waals surface area contributed by atoms with Crippen molar-refractivity contribution >= 4 is 32.2 Å². The molecule has 5 rings (SSSR count). The molecule has 1 amide bonds. The molecule has 1 aliphatic heterocycles. The number of hydrogen-bond acceptors (Lipinski definition) is 9. The summed E-state index contributed by atoms with van der Waals surface area (Å²) in [6, 6.07) is 7.37. The van der Waals surface area contributed by atoms with Gasteiger partial charge in [0, 0.05) is 36.5 Å². The Kier molecular flexibility index (Phi) is 6.75. The maximum Gasteiger partial charge on any atom is 0.250 e. The third-order valence-corrected chi connectivity index (χ3v) is 8.84. The molecule has 180 valence electrons. The van der Waals surface area contributed by atoms with Crippen LogP contribution in [0.1, 0.15) is 35.7 Å². The standard InChI is InChI=1S/C22H25N5O5S2/c28-21(25-22-23-12-17(33-22)13-27-10-1-9-24-27)20(26-32-16-8-11-31-14-16)15-2-4-18(5-3-15)34(29,30)19-6-7-19/h1-5,9-10,12,16,19-20,26H,6-8,11,13-14H2,(H,23,25,28)/t16-,20?/m1/s1. The molecular weight excluding hydrogens is 478 g/mol. The van der Waals surface area contributed by atoms with E-state index in [4.69, 9.17) is 9.57 Å². The molecule has 1 saturated carbocycles. The monoisotopic (exact) mass is 503 g/mol. The van der Waals surface area contributed by atoms with Crippen molar-refractivity contribution in [1.82, 2.24) is 20.2 Å². The smallest absolute Gasteiger partial charge is 0.250 e. The molecule has 1 unspecified atom stereocenters. The predicted octanol–water partition coefficient (Wildman–Crippen LogP) is 2.31. The average Bonchev–Trinajstić information content (AvgIpc) is 3.17. The second-order valence-corrected chi connectivity index (χ2v) is 11.6. The minimum atomic E-state index is -3.31. The molecule has 34 heavy (non-hydrogen) atoms. The van der Waals surface area contributed by atoms with Crippen LogP contribution in [0.25, 0.3) is 0 Å². The van der Waals surface area contributed by atoms with Gasteiger partial charge in [0.15, 0.2) is 15.0 Å². The molecule has 0 bridgehead atoms. The van der Waals surface area contributed by atoms with Gasteiger partial charge in [0.25, 0.3) is 0 Å². The molecule has 3 heterocycles. The van der Waals surface area contributed by atoms with Crippen LogP contribution in [-0.2, 0) is 30.8 Å². The topological polar surface area (TPSA) is 124 Å². The van der Waals surface area contributed by atoms with Gasteiger partial charge in [-0.1, -0.05) is 23.5 Å². The number of rotatable bonds is 10. The normalized spacial score (nSPS) is 19.2. The minimum absolute atomic E-state index is 0.162. The molecule has 0 radical (unpaired) electrons. The Morgan fingerprint density at radius 1 is 1.26 bits per heavy atom. The first-order valence-corrected chi connectivity index (χ1v) is 13.4. The lowest BCUT2D eigenvalue weighted by Gasteiger charge is -2.20. The SMILES string of the molecule is O=C(Nc1ncc(Cn2cccn2)s1)C(NO[C@@H]1CCOC1)c1ccc(S(=O)(=O)C2CC2)cc1. The van der Waals surface area contributed by atoms with Crippen LogP contribution in [0.3, 0.4) is 0 Å². The summed E-state index contributed by atoms with van der Waals surface area (Å²) in [6.07, 6.45) is 7.22. The highest BCUT2D eigenvalue weighted by molar-refractivity contribution is 7.92. The quantitative estimate of drug-likeness (QED) is 0.404. The van der Waals surface area contributed by atoms with Gasteiger partial charge in [-0.05, 0) is 36.6 Å². The Bertz CT molecular complexity index is 1220. The van der Waals surface area contributed by atoms with E-state index in [-0.39, 0.29) is 22.2 Å². The van der Waals surface area contributed by atoms with Gasteiger partial charge in [-0.15, -0.1) is 0 Å². The minimum Gasteiger partial charge on any atom is -0.379 e. The number of thiazole rings is 1. The number of aromatic nitrogens is 3. The summed E-state index contributed by atoms with van der Waals surface area (Å²) < 4.78 is 32.1. The van der Waals surface area contributed by atoms with E-state index in [2.05, 4.69) is 20.9 Å². The van der Waals surface area contributed by atoms with Gasteiger partial charge in [-0.3, -0.25) is 14.3 Å². The van der Waals surface area contributed by atoms with Crippen molar-refractivity contribution in [2.45, 2.75) is 48.1 Å². The van der Waals surface area contributed by atoms with E-state index < -0.39 is 15.9 Å². The molecule has 10 nitrogen and oxygen atoms in total. The molecular formula is C22H25N5O5S2. The lowest BCUT2D eigenvalue weighted by molar-refractivity contribution is -0.125. The largest absolute Gasteiger partial charge is 0.379 e. The van der Waals surface area contributed by atoms with Crippen LogP contribution in [-0.4, -0.2) is 53.7 Å². The molecule has 12 heteroatoms. The fourth-order valence-corrected chi connectivity index (χ4v) is 6.10. The average molecular weight is 504 g/mol. The fourth-order valence-electron chi connectivity index (χ4n) is 3.63. The Hall–Kier alpha value is -2.64. The molecule has 1 aliphatic carbocycles. The van der Waals surface area contributed by atoms with Crippen molar-refractivity contribution in [1.29, 1.82) is 0 Å². The van der Waals surface area contributed by atoms with Gasteiger partial charge in [0.2, 0.25) is 5.91 Å². The third-order valence-electron chi connectivity index (χ3n) is 5.67. The van der Waals surface area contributed by atoms with Crippen LogP contribution in [0.2, 0.25) is 0 Å². The van der Waals surface area contributed by atoms with E-state index in [0.29, 0.717) is 43.3 Å². The van der Waals surface area contributed by atoms with Crippen LogP contribution in [0, 0.1) is 0 Å². The van der Waals surface area contributed by atoms with E-state index >= 15 is 0 Å². The molecule has 2 fully saturated rings. The highest BCUT2D eigenvalue weighted by atomic mass is 32.2. The number of sulfone groups is 1. The second kappa shape index (κ2) is 9.92. The lowest BCUT2D eigenvalue weighted by Crippen LogP contribution is -2.36. The highest BCUT2D eigenvalue weighted by Gasteiger charge is 2.37. The van der Waals surface area contributed by atoms with Gasteiger partial charge in [0.1, 0.15) is 12.1 Å². The number of carbonyl (C=O) groups is 1. The summed E-state index contributed by atoms with van der Waals surface area (Å²) >= 11 is 1.36. The van der Waals surface area contributed by atoms with Crippen molar-refractivity contribution in [2.24, 2.45) is 0 Å². The number of nitrogens with zero attached hydrogens (tertiary/aromatic N) is 3. The van der Waals surface area contributed by atoms with E-state index in [9.17, 15) is 13.2 Å². The number of ether oxygens (including phenoxy) is 1. The Morgan fingerprint density at radius 3 is 2.76 bits per heavy atom. The van der Waals surface area contributed by atoms with E-state index in [1.54, 1.807) is 41.3 Å². The van der Waals surface area contributed by atoms with Crippen molar-refractivity contribution in [2.75, 3.05) is 18.5 Å². The number of hydrogen-bond donors (Lipinski definition) is 2. The van der Waals surface area contributed by atoms with Gasteiger partial charge < -0.3 is 10.1 Å². The van der Waals surface area contributed by atoms with Gasteiger partial charge >= 0.3 is 0 Å². The Labute approximate surface area is 201 Å². The third kappa shape index (κ3) is 5.36. The van der Waals surface area contributed by atoms with Crippen LogP contribution in [0.4, 0.5) is 5.13 Å². The first kappa shape index (κ1) is 23.1. The summed E-state index contributed by atoms with van der Waals surface area (Å²) in [6.45, 7) is 1.61. The van der Waals surface area contributed by atoms with Gasteiger partial charge in [-0.25, -0.2) is 13.4 Å². The molecule has 0 spiro atoms. The first-order chi connectivity index (χ1) is 16.5. The molecule has 2 N–H and O–H groups in total. The summed E-state index contributed by atoms with van der Waals surface area (Å²) in [4.78, 5) is 24.4. The second-order valence-electron chi connectivity index (χ2n) is 8.29. The molecule has 2 atom stereocenters. The first-order valence-electron chi connectivity index (χ1n) is 11.0. The number of hydroxylamine groups is 1. The van der Waals surface area contributed by atoms with Crippen molar-refractivity contribution < 1.29 is 22.8 Å². The number of nitrogens with one attached hydrogen (secondary N) is 2. The Balaban J connectivity index is 1.30. The molecule has 2 aliphatic rings. The maximum atomic E-state index is 13.2. The van der Waals surface area contributed by atoms with Crippen LogP contribution in [0.15, 0.2) is 53.8 Å². The predicted molar refractivity (Wildman–Crippen MR) is 125 cm³/mol. The zero-order chi connectivity index (χ0) is 23.5. The summed E-state index contributed by atoms with van der Waals surface area (Å²) in [7, 11) is -3.31. The zero-order valence-corrected chi connectivity index (χ0v) is 19.9. The van der Waals surface area contributed by atoms with Gasteiger partial charge in [-0.2, -0.15) is 10.6 Å². The summed E-state index contributed by atoms with van der Waals surface area (Å²) in [5.74, 6) is -0.364. The highest BCUT2D eigenvalue weighted by Crippen LogP contribution is 2.34. The summed E-state index contributed by atoms with van der Waals surface area (Å²) in [5, 5.41) is 7.18. The van der Waals surface area contributed by atoms with Crippen molar-refractivity contribution in [3.05, 3.63) is 59.4 Å². The van der Waals surface area contributed by atoms with Crippen LogP contribution >= 0.6 is 11.3 Å². The zero-order valence-electron chi connectivity index (χ0n) is 18.3. The van der Waals surface area contributed by atoms with Gasteiger partial charge in [0.05, 0.1) is 23.3 Å². The number of amides is 1. The number of benzene rings is 1. The molecule has 2 aromatic heterocycles.